The number of ether oxygens (including phenoxy) is 1. The molecule has 142 valence electrons. The number of methoxy groups -OCH3 is 1. The number of hydrogen-bond donors (Lipinski definition) is 2. The second kappa shape index (κ2) is 8.58. The van der Waals surface area contributed by atoms with E-state index < -0.39 is 11.8 Å². The Morgan fingerprint density at radius 3 is 1.85 bits per heavy atom. The molecule has 3 rings (SSSR count). The first kappa shape index (κ1) is 18.8. The van der Waals surface area contributed by atoms with Gasteiger partial charge in [-0.1, -0.05) is 6.92 Å². The largest absolute Gasteiger partial charge is 0.497 e. The molecule has 1 aliphatic rings. The third-order valence-electron chi connectivity index (χ3n) is 4.83. The summed E-state index contributed by atoms with van der Waals surface area (Å²) < 4.78 is 5.06. The normalized spacial score (nSPS) is 14.5. The lowest BCUT2D eigenvalue weighted by atomic mass is 9.99. The monoisotopic (exact) mass is 367 g/mol. The average Bonchev–Trinajstić information content (AvgIpc) is 2.70. The molecule has 0 atom stereocenters. The van der Waals surface area contributed by atoms with Crippen molar-refractivity contribution in [1.29, 1.82) is 0 Å². The number of hydrogen-bond acceptors (Lipinski definition) is 4. The predicted octanol–water partition coefficient (Wildman–Crippen LogP) is 3.51. The lowest BCUT2D eigenvalue weighted by Gasteiger charge is -2.32. The van der Waals surface area contributed by atoms with E-state index in [0.29, 0.717) is 17.1 Å². The second-order valence-electron chi connectivity index (χ2n) is 6.85. The first-order valence-corrected chi connectivity index (χ1v) is 9.16. The maximum Gasteiger partial charge on any atom is 0.314 e. The zero-order chi connectivity index (χ0) is 19.2. The molecule has 0 unspecified atom stereocenters. The molecule has 0 radical (unpaired) electrons. The first-order chi connectivity index (χ1) is 13.0. The van der Waals surface area contributed by atoms with Crippen LogP contribution in [-0.4, -0.2) is 32.0 Å². The summed E-state index contributed by atoms with van der Waals surface area (Å²) in [5.41, 5.74) is 2.27. The van der Waals surface area contributed by atoms with Crippen LogP contribution in [0.15, 0.2) is 48.5 Å². The van der Waals surface area contributed by atoms with Gasteiger partial charge in [0.1, 0.15) is 5.75 Å². The Labute approximate surface area is 159 Å². The number of nitrogens with zero attached hydrogens (tertiary/aromatic N) is 1. The van der Waals surface area contributed by atoms with Crippen molar-refractivity contribution in [3.63, 3.8) is 0 Å². The summed E-state index contributed by atoms with van der Waals surface area (Å²) >= 11 is 0. The number of amides is 2. The molecule has 0 aliphatic carbocycles. The zero-order valence-electron chi connectivity index (χ0n) is 15.7. The van der Waals surface area contributed by atoms with Gasteiger partial charge in [-0.2, -0.15) is 0 Å². The summed E-state index contributed by atoms with van der Waals surface area (Å²) in [5.74, 6) is 0.0457. The van der Waals surface area contributed by atoms with Crippen molar-refractivity contribution < 1.29 is 14.3 Å². The van der Waals surface area contributed by atoms with E-state index in [1.165, 1.54) is 12.8 Å². The van der Waals surface area contributed by atoms with Gasteiger partial charge >= 0.3 is 11.8 Å². The summed E-state index contributed by atoms with van der Waals surface area (Å²) in [4.78, 5) is 26.5. The fourth-order valence-corrected chi connectivity index (χ4v) is 3.07. The summed E-state index contributed by atoms with van der Waals surface area (Å²) in [6, 6.07) is 14.4. The highest BCUT2D eigenvalue weighted by Crippen LogP contribution is 2.24. The molecule has 1 saturated heterocycles. The molecule has 2 aromatic carbocycles. The summed E-state index contributed by atoms with van der Waals surface area (Å²) in [5, 5.41) is 5.19. The second-order valence-corrected chi connectivity index (χ2v) is 6.85. The summed E-state index contributed by atoms with van der Waals surface area (Å²) in [6.45, 7) is 4.39. The SMILES string of the molecule is COc1ccc(NC(=O)C(=O)Nc2ccc(N3CCC(C)CC3)cc2)cc1. The number of carbonyl (C=O) groups excluding carboxylic acids is 2. The molecule has 2 aromatic rings. The van der Waals surface area contributed by atoms with Gasteiger partial charge in [0.25, 0.3) is 0 Å². The Kier molecular flexibility index (Phi) is 5.96. The topological polar surface area (TPSA) is 70.7 Å². The van der Waals surface area contributed by atoms with E-state index in [2.05, 4.69) is 22.5 Å². The number of anilines is 3. The van der Waals surface area contributed by atoms with E-state index in [1.54, 1.807) is 31.4 Å². The Balaban J connectivity index is 1.54. The molecule has 27 heavy (non-hydrogen) atoms. The fourth-order valence-electron chi connectivity index (χ4n) is 3.07. The van der Waals surface area contributed by atoms with Crippen LogP contribution in [0.5, 0.6) is 5.75 Å². The van der Waals surface area contributed by atoms with Crippen molar-refractivity contribution in [2.24, 2.45) is 5.92 Å². The van der Waals surface area contributed by atoms with E-state index in [1.807, 2.05) is 24.3 Å². The highest BCUT2D eigenvalue weighted by molar-refractivity contribution is 6.43. The molecule has 2 N–H and O–H groups in total. The van der Waals surface area contributed by atoms with Gasteiger partial charge in [0.15, 0.2) is 0 Å². The molecular weight excluding hydrogens is 342 g/mol. The third-order valence-corrected chi connectivity index (χ3v) is 4.83. The van der Waals surface area contributed by atoms with Crippen LogP contribution in [-0.2, 0) is 9.59 Å². The minimum absolute atomic E-state index is 0.533. The van der Waals surface area contributed by atoms with Gasteiger partial charge in [0.05, 0.1) is 7.11 Å². The Hall–Kier alpha value is -3.02. The predicted molar refractivity (Wildman–Crippen MR) is 107 cm³/mol. The standard InChI is InChI=1S/C21H25N3O3/c1-15-11-13-24(14-12-15)18-7-3-16(4-8-18)22-20(25)21(26)23-17-5-9-19(27-2)10-6-17/h3-10,15H,11-14H2,1-2H3,(H,22,25)(H,23,26). The van der Waals surface area contributed by atoms with Crippen LogP contribution in [0, 0.1) is 5.92 Å². The highest BCUT2D eigenvalue weighted by atomic mass is 16.5. The molecule has 1 fully saturated rings. The van der Waals surface area contributed by atoms with Crippen LogP contribution >= 0.6 is 0 Å². The number of nitrogens with one attached hydrogen (secondary N) is 2. The van der Waals surface area contributed by atoms with Crippen molar-refractivity contribution >= 4 is 28.9 Å². The maximum absolute atomic E-state index is 12.1. The minimum Gasteiger partial charge on any atom is -0.497 e. The molecule has 0 saturated carbocycles. The average molecular weight is 367 g/mol. The molecule has 6 heteroatoms. The Morgan fingerprint density at radius 1 is 0.889 bits per heavy atom. The van der Waals surface area contributed by atoms with Gasteiger partial charge in [0, 0.05) is 30.2 Å². The van der Waals surface area contributed by atoms with Crippen LogP contribution < -0.4 is 20.3 Å². The molecule has 2 amide bonds. The summed E-state index contributed by atoms with van der Waals surface area (Å²) in [7, 11) is 1.57. The van der Waals surface area contributed by atoms with Crippen LogP contribution in [0.1, 0.15) is 19.8 Å². The van der Waals surface area contributed by atoms with E-state index in [4.69, 9.17) is 4.74 Å². The number of carbonyl (C=O) groups is 2. The molecule has 6 nitrogen and oxygen atoms in total. The van der Waals surface area contributed by atoms with Crippen molar-refractivity contribution in [2.45, 2.75) is 19.8 Å². The van der Waals surface area contributed by atoms with Crippen LogP contribution in [0.2, 0.25) is 0 Å². The van der Waals surface area contributed by atoms with Crippen molar-refractivity contribution in [2.75, 3.05) is 35.7 Å². The first-order valence-electron chi connectivity index (χ1n) is 9.16. The van der Waals surface area contributed by atoms with Gasteiger partial charge in [-0.3, -0.25) is 9.59 Å². The van der Waals surface area contributed by atoms with E-state index >= 15 is 0 Å². The number of rotatable bonds is 4. The van der Waals surface area contributed by atoms with E-state index in [-0.39, 0.29) is 0 Å². The van der Waals surface area contributed by atoms with Crippen LogP contribution in [0.3, 0.4) is 0 Å². The maximum atomic E-state index is 12.1. The lowest BCUT2D eigenvalue weighted by molar-refractivity contribution is -0.132. The van der Waals surface area contributed by atoms with Gasteiger partial charge < -0.3 is 20.3 Å². The Bertz CT molecular complexity index is 779. The zero-order valence-corrected chi connectivity index (χ0v) is 15.7. The number of benzene rings is 2. The van der Waals surface area contributed by atoms with Crippen molar-refractivity contribution in [3.8, 4) is 5.75 Å². The van der Waals surface area contributed by atoms with E-state index in [9.17, 15) is 9.59 Å². The molecule has 1 heterocycles. The molecule has 0 bridgehead atoms. The van der Waals surface area contributed by atoms with Gasteiger partial charge in [0.2, 0.25) is 0 Å². The molecular formula is C21H25N3O3. The van der Waals surface area contributed by atoms with E-state index in [0.717, 1.165) is 24.7 Å². The lowest BCUT2D eigenvalue weighted by Crippen LogP contribution is -2.32. The minimum atomic E-state index is -0.714. The quantitative estimate of drug-likeness (QED) is 0.812. The number of piperidine rings is 1. The molecule has 0 aromatic heterocycles. The summed E-state index contributed by atoms with van der Waals surface area (Å²) in [6.07, 6.45) is 2.40. The highest BCUT2D eigenvalue weighted by Gasteiger charge is 2.17. The fraction of sp³-hybridized carbons (Fsp3) is 0.333. The van der Waals surface area contributed by atoms with Crippen LogP contribution in [0.25, 0.3) is 0 Å². The van der Waals surface area contributed by atoms with Crippen molar-refractivity contribution in [3.05, 3.63) is 48.5 Å². The van der Waals surface area contributed by atoms with Gasteiger partial charge in [-0.05, 0) is 67.3 Å². The smallest absolute Gasteiger partial charge is 0.314 e. The Morgan fingerprint density at radius 2 is 1.37 bits per heavy atom. The van der Waals surface area contributed by atoms with Gasteiger partial charge in [-0.25, -0.2) is 0 Å². The van der Waals surface area contributed by atoms with Crippen LogP contribution in [0.4, 0.5) is 17.1 Å². The molecule has 1 aliphatic heterocycles. The van der Waals surface area contributed by atoms with Gasteiger partial charge in [-0.15, -0.1) is 0 Å². The van der Waals surface area contributed by atoms with Crippen molar-refractivity contribution in [1.82, 2.24) is 0 Å². The third kappa shape index (κ3) is 5.00. The molecule has 0 spiro atoms.